The van der Waals surface area contributed by atoms with E-state index < -0.39 is 0 Å². The second kappa shape index (κ2) is 6.21. The summed E-state index contributed by atoms with van der Waals surface area (Å²) in [7, 11) is 0. The van der Waals surface area contributed by atoms with Crippen LogP contribution in [-0.4, -0.2) is 37.7 Å². The largest absolute Gasteiger partial charge is 0.379 e. The number of piperidine rings is 1. The molecule has 0 aromatic rings. The van der Waals surface area contributed by atoms with Crippen molar-refractivity contribution in [3.8, 4) is 0 Å². The molecule has 0 bridgehead atoms. The normalized spacial score (nSPS) is 31.0. The minimum Gasteiger partial charge on any atom is -0.379 e. The van der Waals surface area contributed by atoms with Gasteiger partial charge in [-0.15, -0.1) is 0 Å². The van der Waals surface area contributed by atoms with E-state index in [1.807, 2.05) is 0 Å². The first-order valence-corrected chi connectivity index (χ1v) is 6.45. The molecule has 0 saturated carbocycles. The molecular formula is C12H22N2O2. The summed E-state index contributed by atoms with van der Waals surface area (Å²) in [5, 5.41) is 6.46. The fraction of sp³-hybridized carbons (Fsp3) is 0.917. The van der Waals surface area contributed by atoms with Crippen LogP contribution in [0, 0.1) is 0 Å². The second-order valence-corrected chi connectivity index (χ2v) is 4.83. The van der Waals surface area contributed by atoms with Crippen LogP contribution >= 0.6 is 0 Å². The molecular weight excluding hydrogens is 204 g/mol. The fourth-order valence-electron chi connectivity index (χ4n) is 2.46. The first-order valence-electron chi connectivity index (χ1n) is 6.45. The molecule has 0 aromatic heterocycles. The Morgan fingerprint density at radius 2 is 2.25 bits per heavy atom. The summed E-state index contributed by atoms with van der Waals surface area (Å²) in [6, 6.07) is 0.628. The number of hydrogen-bond donors (Lipinski definition) is 2. The lowest BCUT2D eigenvalue weighted by molar-refractivity contribution is -0.123. The van der Waals surface area contributed by atoms with Gasteiger partial charge in [-0.25, -0.2) is 0 Å². The molecule has 2 fully saturated rings. The maximum Gasteiger partial charge on any atom is 0.221 e. The molecule has 0 aliphatic carbocycles. The van der Waals surface area contributed by atoms with Gasteiger partial charge in [0.05, 0.1) is 12.6 Å². The first-order chi connectivity index (χ1) is 7.84. The molecule has 4 nitrogen and oxygen atoms in total. The van der Waals surface area contributed by atoms with Crippen molar-refractivity contribution in [1.82, 2.24) is 10.6 Å². The Labute approximate surface area is 97.1 Å². The summed E-state index contributed by atoms with van der Waals surface area (Å²) < 4.78 is 5.34. The monoisotopic (exact) mass is 226 g/mol. The van der Waals surface area contributed by atoms with Crippen LogP contribution in [0.2, 0.25) is 0 Å². The van der Waals surface area contributed by atoms with Gasteiger partial charge in [0.25, 0.3) is 0 Å². The van der Waals surface area contributed by atoms with Crippen LogP contribution in [0.5, 0.6) is 0 Å². The Hall–Kier alpha value is -0.610. The van der Waals surface area contributed by atoms with Crippen molar-refractivity contribution in [2.24, 2.45) is 0 Å². The topological polar surface area (TPSA) is 50.4 Å². The van der Waals surface area contributed by atoms with Gasteiger partial charge in [-0.2, -0.15) is 0 Å². The summed E-state index contributed by atoms with van der Waals surface area (Å²) in [5.41, 5.74) is 0. The maximum absolute atomic E-state index is 11.8. The van der Waals surface area contributed by atoms with Gasteiger partial charge in [-0.3, -0.25) is 4.79 Å². The number of nitrogens with one attached hydrogen (secondary N) is 2. The highest BCUT2D eigenvalue weighted by Crippen LogP contribution is 2.11. The van der Waals surface area contributed by atoms with Gasteiger partial charge in [0.1, 0.15) is 0 Å². The summed E-state index contributed by atoms with van der Waals surface area (Å²) >= 11 is 0. The van der Waals surface area contributed by atoms with Crippen molar-refractivity contribution in [2.75, 3.05) is 19.8 Å². The SMILES string of the molecule is O=C(CC1CCCCN1)NC1CCCOC1. The Morgan fingerprint density at radius 1 is 1.31 bits per heavy atom. The highest BCUT2D eigenvalue weighted by molar-refractivity contribution is 5.76. The van der Waals surface area contributed by atoms with Gasteiger partial charge in [0.2, 0.25) is 5.91 Å². The fourth-order valence-corrected chi connectivity index (χ4v) is 2.46. The van der Waals surface area contributed by atoms with E-state index in [4.69, 9.17) is 4.74 Å². The minimum absolute atomic E-state index is 0.176. The first kappa shape index (κ1) is 11.9. The number of rotatable bonds is 3. The zero-order valence-corrected chi connectivity index (χ0v) is 9.84. The summed E-state index contributed by atoms with van der Waals surface area (Å²) in [4.78, 5) is 11.8. The minimum atomic E-state index is 0.176. The quantitative estimate of drug-likeness (QED) is 0.749. The molecule has 0 radical (unpaired) electrons. The molecule has 0 spiro atoms. The average molecular weight is 226 g/mol. The zero-order chi connectivity index (χ0) is 11.2. The molecule has 92 valence electrons. The molecule has 16 heavy (non-hydrogen) atoms. The Bertz CT molecular complexity index is 199. The maximum atomic E-state index is 11.8. The Balaban J connectivity index is 1.66. The highest BCUT2D eigenvalue weighted by Gasteiger charge is 2.20. The van der Waals surface area contributed by atoms with Gasteiger partial charge >= 0.3 is 0 Å². The van der Waals surface area contributed by atoms with E-state index >= 15 is 0 Å². The van der Waals surface area contributed by atoms with Crippen molar-refractivity contribution < 1.29 is 9.53 Å². The molecule has 2 N–H and O–H groups in total. The molecule has 2 unspecified atom stereocenters. The van der Waals surface area contributed by atoms with Crippen LogP contribution < -0.4 is 10.6 Å². The lowest BCUT2D eigenvalue weighted by Crippen LogP contribution is -2.44. The number of carbonyl (C=O) groups excluding carboxylic acids is 1. The van der Waals surface area contributed by atoms with Crippen LogP contribution in [-0.2, 0) is 9.53 Å². The summed E-state index contributed by atoms with van der Waals surface area (Å²) in [5.74, 6) is 0.176. The molecule has 2 aliphatic heterocycles. The number of amides is 1. The molecule has 1 amide bonds. The lowest BCUT2D eigenvalue weighted by Gasteiger charge is -2.26. The third-order valence-corrected chi connectivity index (χ3v) is 3.37. The van der Waals surface area contributed by atoms with Gasteiger partial charge < -0.3 is 15.4 Å². The lowest BCUT2D eigenvalue weighted by atomic mass is 10.0. The van der Waals surface area contributed by atoms with E-state index in [1.54, 1.807) is 0 Å². The van der Waals surface area contributed by atoms with Crippen molar-refractivity contribution in [2.45, 2.75) is 50.6 Å². The van der Waals surface area contributed by atoms with E-state index in [0.29, 0.717) is 19.1 Å². The van der Waals surface area contributed by atoms with Crippen molar-refractivity contribution in [3.63, 3.8) is 0 Å². The van der Waals surface area contributed by atoms with Crippen molar-refractivity contribution in [1.29, 1.82) is 0 Å². The molecule has 0 aromatic carbocycles. The molecule has 2 saturated heterocycles. The standard InChI is InChI=1S/C12H22N2O2/c15-12(8-10-4-1-2-6-13-10)14-11-5-3-7-16-9-11/h10-11,13H,1-9H2,(H,14,15). The molecule has 2 aliphatic rings. The van der Waals surface area contributed by atoms with Gasteiger partial charge in [0.15, 0.2) is 0 Å². The van der Waals surface area contributed by atoms with Gasteiger partial charge in [-0.05, 0) is 32.2 Å². The number of hydrogen-bond acceptors (Lipinski definition) is 3. The van der Waals surface area contributed by atoms with Crippen LogP contribution in [0.4, 0.5) is 0 Å². The molecule has 2 heterocycles. The highest BCUT2D eigenvalue weighted by atomic mass is 16.5. The molecule has 2 atom stereocenters. The zero-order valence-electron chi connectivity index (χ0n) is 9.84. The van der Waals surface area contributed by atoms with Gasteiger partial charge in [-0.1, -0.05) is 6.42 Å². The second-order valence-electron chi connectivity index (χ2n) is 4.83. The van der Waals surface area contributed by atoms with Crippen LogP contribution in [0.25, 0.3) is 0 Å². The van der Waals surface area contributed by atoms with E-state index in [2.05, 4.69) is 10.6 Å². The molecule has 2 rings (SSSR count). The van der Waals surface area contributed by atoms with E-state index in [9.17, 15) is 4.79 Å². The number of carbonyl (C=O) groups is 1. The summed E-state index contributed by atoms with van der Waals surface area (Å²) in [6.07, 6.45) is 6.37. The van der Waals surface area contributed by atoms with Crippen LogP contribution in [0.15, 0.2) is 0 Å². The number of ether oxygens (including phenoxy) is 1. The average Bonchev–Trinajstić information content (AvgIpc) is 2.31. The van der Waals surface area contributed by atoms with Crippen LogP contribution in [0.3, 0.4) is 0 Å². The third kappa shape index (κ3) is 3.76. The third-order valence-electron chi connectivity index (χ3n) is 3.37. The van der Waals surface area contributed by atoms with Crippen molar-refractivity contribution in [3.05, 3.63) is 0 Å². The Kier molecular flexibility index (Phi) is 4.60. The van der Waals surface area contributed by atoms with Crippen molar-refractivity contribution >= 4 is 5.91 Å². The van der Waals surface area contributed by atoms with E-state index in [1.165, 1.54) is 12.8 Å². The Morgan fingerprint density at radius 3 is 2.94 bits per heavy atom. The van der Waals surface area contributed by atoms with Gasteiger partial charge in [0, 0.05) is 19.1 Å². The predicted octanol–water partition coefficient (Wildman–Crippen LogP) is 0.814. The summed E-state index contributed by atoms with van der Waals surface area (Å²) in [6.45, 7) is 2.59. The van der Waals surface area contributed by atoms with E-state index in [-0.39, 0.29) is 11.9 Å². The molecule has 4 heteroatoms. The van der Waals surface area contributed by atoms with Crippen LogP contribution in [0.1, 0.15) is 38.5 Å². The smallest absolute Gasteiger partial charge is 0.221 e. The van der Waals surface area contributed by atoms with E-state index in [0.717, 1.165) is 32.4 Å². The predicted molar refractivity (Wildman–Crippen MR) is 62.2 cm³/mol.